The summed E-state index contributed by atoms with van der Waals surface area (Å²) in [5.74, 6) is 0. The van der Waals surface area contributed by atoms with Crippen molar-refractivity contribution in [3.8, 4) is 0 Å². The molecule has 6 heavy (non-hydrogen) atoms. The molecule has 0 aliphatic rings. The van der Waals surface area contributed by atoms with E-state index in [1.165, 1.54) is 0 Å². The molecule has 4 nitrogen and oxygen atoms in total. The zero-order chi connectivity index (χ0) is 2.00. The van der Waals surface area contributed by atoms with Crippen LogP contribution in [0, 0.1) is 0 Å². The minimum absolute atomic E-state index is 0. The second-order valence-electron chi connectivity index (χ2n) is 0. The van der Waals surface area contributed by atoms with Gasteiger partial charge in [0.15, 0.2) is 0 Å². The third-order valence-electron chi connectivity index (χ3n) is 0. The molecule has 0 aromatic rings. The van der Waals surface area contributed by atoms with Gasteiger partial charge in [-0.05, 0) is 0 Å². The molecule has 0 saturated heterocycles. The predicted molar refractivity (Wildman–Crippen MR) is 27.0 cm³/mol. The zero-order valence-electron chi connectivity index (χ0n) is 3.00. The van der Waals surface area contributed by atoms with Gasteiger partial charge < -0.3 is 24.6 Å². The average molecular weight is 295 g/mol. The van der Waals surface area contributed by atoms with E-state index >= 15 is 0 Å². The van der Waals surface area contributed by atoms with Crippen LogP contribution in [0.25, 0.3) is 24.6 Å². The van der Waals surface area contributed by atoms with Crippen molar-refractivity contribution < 1.29 is 18.8 Å². The molecule has 0 spiro atoms. The molecule has 0 aromatic heterocycles. The van der Waals surface area contributed by atoms with Crippen molar-refractivity contribution in [2.45, 2.75) is 0 Å². The summed E-state index contributed by atoms with van der Waals surface area (Å²) < 4.78 is 0. The Morgan fingerprint density at radius 1 is 0.667 bits per heavy atom. The fourth-order valence-electron chi connectivity index (χ4n) is 0. The van der Waals surface area contributed by atoms with Gasteiger partial charge in [-0.1, -0.05) is 0 Å². The molecule has 0 aliphatic carbocycles. The molecule has 6 heteroatoms. The summed E-state index contributed by atoms with van der Waals surface area (Å²) >= 11 is 1.61. The third-order valence-corrected chi connectivity index (χ3v) is 0. The maximum atomic E-state index is 4.61. The van der Waals surface area contributed by atoms with Gasteiger partial charge in [0.2, 0.25) is 0 Å². The van der Waals surface area contributed by atoms with E-state index in [0.29, 0.717) is 0 Å². The molecule has 0 heterocycles. The number of halogens is 1. The topological polar surface area (TPSA) is 134 Å². The molecule has 49 valence electrons. The van der Waals surface area contributed by atoms with Gasteiger partial charge in [-0.15, -0.1) is 0 Å². The van der Waals surface area contributed by atoms with Crippen molar-refractivity contribution in [3.05, 3.63) is 24.6 Å². The molecule has 0 unspecified atom stereocenters. The van der Waals surface area contributed by atoms with Gasteiger partial charge in [0.05, 0.1) is 0 Å². The van der Waals surface area contributed by atoms with Crippen LogP contribution in [-0.4, -0.2) is 0 Å². The Balaban J connectivity index is -0.000000000833. The van der Waals surface area contributed by atoms with Crippen molar-refractivity contribution in [2.24, 2.45) is 0 Å². The number of hydrogen-bond acceptors (Lipinski definition) is 0. The van der Waals surface area contributed by atoms with Crippen LogP contribution in [0.5, 0.6) is 0 Å². The zero-order valence-corrected chi connectivity index (χ0v) is 6.03. The molecule has 0 bridgehead atoms. The SMILES string of the molecule is [Cl][Pt].[NH2-].[NH2-].[NH2-].[NH2-]. The summed E-state index contributed by atoms with van der Waals surface area (Å²) in [7, 11) is 4.61. The van der Waals surface area contributed by atoms with E-state index in [4.69, 9.17) is 0 Å². The van der Waals surface area contributed by atoms with Crippen molar-refractivity contribution >= 4 is 9.42 Å². The maximum absolute atomic E-state index is 4.61. The quantitative estimate of drug-likeness (QED) is 0.645. The second-order valence-corrected chi connectivity index (χ2v) is 0. The standard InChI is InChI=1S/ClH.4H2N.Pt/h1H;4*1H2;/q;4*-1;+1/p-1. The minimum Gasteiger partial charge on any atom is -0.693 e. The smallest absolute Gasteiger partial charge is 0.693 e. The average Bonchev–Trinajstić information content (AvgIpc) is 1.00. The van der Waals surface area contributed by atoms with Crippen molar-refractivity contribution in [1.82, 2.24) is 0 Å². The molecule has 0 radical (unpaired) electrons. The third kappa shape index (κ3) is 105. The largest absolute Gasteiger partial charge is 0.693 e. The molecule has 0 aromatic carbocycles. The molecule has 0 rings (SSSR count). The fraction of sp³-hybridized carbons (Fsp3) is 0. The van der Waals surface area contributed by atoms with Gasteiger partial charge in [-0.25, -0.2) is 0 Å². The Morgan fingerprint density at radius 3 is 0.667 bits per heavy atom. The predicted octanol–water partition coefficient (Wildman–Crippen LogP) is 3.56. The first-order valence-electron chi connectivity index (χ1n) is 0.120. The van der Waals surface area contributed by atoms with E-state index in [9.17, 15) is 0 Å². The van der Waals surface area contributed by atoms with E-state index < -0.39 is 0 Å². The van der Waals surface area contributed by atoms with Gasteiger partial charge in [0, 0.05) is 0 Å². The molecule has 0 aliphatic heterocycles. The Labute approximate surface area is 53.2 Å². The molecule has 0 fully saturated rings. The van der Waals surface area contributed by atoms with E-state index in [2.05, 4.69) is 9.42 Å². The van der Waals surface area contributed by atoms with Gasteiger partial charge >= 0.3 is 28.2 Å². The van der Waals surface area contributed by atoms with Crippen molar-refractivity contribution in [3.63, 3.8) is 0 Å². The van der Waals surface area contributed by atoms with E-state index in [-0.39, 0.29) is 24.6 Å². The van der Waals surface area contributed by atoms with Gasteiger partial charge in [0.25, 0.3) is 0 Å². The van der Waals surface area contributed by atoms with Crippen LogP contribution in [0.3, 0.4) is 0 Å². The van der Waals surface area contributed by atoms with Gasteiger partial charge in [0.1, 0.15) is 0 Å². The van der Waals surface area contributed by atoms with E-state index in [0.717, 1.165) is 0 Å². The Morgan fingerprint density at radius 2 is 0.667 bits per heavy atom. The molecule has 0 atom stereocenters. The number of rotatable bonds is 0. The first kappa shape index (κ1) is 69.8. The van der Waals surface area contributed by atoms with Crippen molar-refractivity contribution in [2.75, 3.05) is 0 Å². The monoisotopic (exact) mass is 294 g/mol. The Kier molecular flexibility index (Phi) is 2350. The Bertz CT molecular complexity index is 7.51. The van der Waals surface area contributed by atoms with Crippen LogP contribution < -0.4 is 0 Å². The first-order valence-corrected chi connectivity index (χ1v) is 2.94. The second kappa shape index (κ2) is 202. The maximum Gasteiger partial charge on any atom is -0.693 e. The van der Waals surface area contributed by atoms with Gasteiger partial charge in [-0.2, -0.15) is 0 Å². The summed E-state index contributed by atoms with van der Waals surface area (Å²) in [5, 5.41) is 0. The van der Waals surface area contributed by atoms with Crippen molar-refractivity contribution in [1.29, 1.82) is 0 Å². The van der Waals surface area contributed by atoms with E-state index in [1.54, 1.807) is 18.8 Å². The summed E-state index contributed by atoms with van der Waals surface area (Å²) in [5.41, 5.74) is 0. The number of nitrogens with two attached hydrogens (primary N) is 4. The molecule has 0 amide bonds. The number of hydrogen-bond donors (Lipinski definition) is 0. The fourth-order valence-corrected chi connectivity index (χ4v) is 0. The minimum atomic E-state index is 0. The molecular formula is H8ClN4Pt-4. The summed E-state index contributed by atoms with van der Waals surface area (Å²) in [6.45, 7) is 0. The molecular weight excluding hydrogens is 287 g/mol. The first-order chi connectivity index (χ1) is 1.00. The molecule has 0 saturated carbocycles. The summed E-state index contributed by atoms with van der Waals surface area (Å²) in [6, 6.07) is 0. The Hall–Kier alpha value is 0.818. The molecule has 8 N–H and O–H groups in total. The van der Waals surface area contributed by atoms with Gasteiger partial charge in [-0.3, -0.25) is 0 Å². The van der Waals surface area contributed by atoms with Crippen LogP contribution in [0.2, 0.25) is 0 Å². The van der Waals surface area contributed by atoms with E-state index in [1.807, 2.05) is 0 Å². The van der Waals surface area contributed by atoms with Crippen LogP contribution in [0.4, 0.5) is 0 Å². The summed E-state index contributed by atoms with van der Waals surface area (Å²) in [6.07, 6.45) is 0. The van der Waals surface area contributed by atoms with Crippen LogP contribution in [0.1, 0.15) is 0 Å². The van der Waals surface area contributed by atoms with Crippen LogP contribution in [0.15, 0.2) is 0 Å². The van der Waals surface area contributed by atoms with Crippen LogP contribution >= 0.6 is 9.42 Å². The summed E-state index contributed by atoms with van der Waals surface area (Å²) in [4.78, 5) is 0. The normalized spacial score (nSPS) is 1.17. The van der Waals surface area contributed by atoms with Crippen LogP contribution in [-0.2, 0) is 18.8 Å².